The first-order valence-electron chi connectivity index (χ1n) is 1.55. The molecule has 81 valence electrons. The monoisotopic (exact) mass is 321 g/mol. The molecule has 0 aliphatic rings. The Bertz CT molecular complexity index is 103. The fourth-order valence-electron chi connectivity index (χ4n) is 0. The number of nitriles is 6. The standard InChI is InChI=1S/6CHN.Cu.Fe.K.H/c6*1-2;;;;/h6*1H;;;;. The van der Waals surface area contributed by atoms with E-state index in [1.165, 1.54) is 0 Å². The van der Waals surface area contributed by atoms with Crippen molar-refractivity contribution < 1.29 is 34.1 Å². The van der Waals surface area contributed by atoms with Crippen molar-refractivity contribution in [3.05, 3.63) is 0 Å². The molecule has 0 aliphatic carbocycles. The maximum absolute atomic E-state index is 6.50. The van der Waals surface area contributed by atoms with Crippen molar-refractivity contribution >= 4 is 51.4 Å². The van der Waals surface area contributed by atoms with Crippen LogP contribution in [0.15, 0.2) is 0 Å². The molecule has 0 bridgehead atoms. The Morgan fingerprint density at radius 2 is 0.400 bits per heavy atom. The summed E-state index contributed by atoms with van der Waals surface area (Å²) in [4.78, 5) is 0. The molecule has 0 amide bonds. The van der Waals surface area contributed by atoms with Crippen LogP contribution in [0, 0.1) is 71.0 Å². The van der Waals surface area contributed by atoms with Crippen LogP contribution in [0.2, 0.25) is 0 Å². The molecular formula is C6H7CuFeKN6. The zero-order valence-electron chi connectivity index (χ0n) is 6.80. The molecule has 1 radical (unpaired) electrons. The van der Waals surface area contributed by atoms with Gasteiger partial charge in [-0.2, -0.15) is 0 Å². The summed E-state index contributed by atoms with van der Waals surface area (Å²) in [5.41, 5.74) is 0. The topological polar surface area (TPSA) is 143 Å². The second kappa shape index (κ2) is 14600. The average molecular weight is 322 g/mol. The molecule has 0 heterocycles. The van der Waals surface area contributed by atoms with E-state index in [0.717, 1.165) is 0 Å². The normalized spacial score (nSPS) is 0.800. The van der Waals surface area contributed by atoms with Gasteiger partial charge < -0.3 is 0 Å². The Hall–Kier alpha value is -0.385. The Balaban J connectivity index is -0.00000000396. The van der Waals surface area contributed by atoms with Crippen molar-refractivity contribution in [1.29, 1.82) is 31.6 Å². The quantitative estimate of drug-likeness (QED) is 0.582. The van der Waals surface area contributed by atoms with Gasteiger partial charge >= 0.3 is 51.4 Å². The maximum atomic E-state index is 6.50. The molecule has 0 atom stereocenters. The van der Waals surface area contributed by atoms with E-state index < -0.39 is 0 Å². The predicted octanol–water partition coefficient (Wildman–Crippen LogP) is 0.185. The molecule has 0 aromatic rings. The van der Waals surface area contributed by atoms with E-state index in [9.17, 15) is 0 Å². The van der Waals surface area contributed by atoms with E-state index in [0.29, 0.717) is 0 Å². The summed E-state index contributed by atoms with van der Waals surface area (Å²) in [5.74, 6) is 0. The fourth-order valence-corrected chi connectivity index (χ4v) is 0. The van der Waals surface area contributed by atoms with Gasteiger partial charge in [0.15, 0.2) is 0 Å². The summed E-state index contributed by atoms with van der Waals surface area (Å²) < 4.78 is 0. The van der Waals surface area contributed by atoms with E-state index in [4.69, 9.17) is 31.6 Å². The van der Waals surface area contributed by atoms with Crippen molar-refractivity contribution in [3.8, 4) is 39.4 Å². The summed E-state index contributed by atoms with van der Waals surface area (Å²) in [6.45, 7) is 21.0. The van der Waals surface area contributed by atoms with Crippen LogP contribution >= 0.6 is 0 Å². The molecule has 6 nitrogen and oxygen atoms in total. The predicted molar refractivity (Wildman–Crippen MR) is 47.2 cm³/mol. The van der Waals surface area contributed by atoms with Gasteiger partial charge in [-0.15, -0.1) is 0 Å². The zero-order valence-corrected chi connectivity index (χ0v) is 8.85. The molecule has 0 spiro atoms. The van der Waals surface area contributed by atoms with Crippen LogP contribution in [0.25, 0.3) is 0 Å². The van der Waals surface area contributed by atoms with E-state index >= 15 is 0 Å². The Labute approximate surface area is 154 Å². The molecule has 0 aromatic heterocycles. The van der Waals surface area contributed by atoms with Gasteiger partial charge in [0.2, 0.25) is 0 Å². The van der Waals surface area contributed by atoms with E-state index in [1.807, 2.05) is 0 Å². The summed E-state index contributed by atoms with van der Waals surface area (Å²) in [5, 5.41) is 39.0. The van der Waals surface area contributed by atoms with Crippen LogP contribution < -0.4 is 0 Å². The minimum absolute atomic E-state index is 0. The van der Waals surface area contributed by atoms with Gasteiger partial charge in [-0.1, -0.05) is 0 Å². The molecule has 0 fully saturated rings. The van der Waals surface area contributed by atoms with E-state index in [-0.39, 0.29) is 85.5 Å². The van der Waals surface area contributed by atoms with Crippen LogP contribution in [0.3, 0.4) is 0 Å². The summed E-state index contributed by atoms with van der Waals surface area (Å²) in [6, 6.07) is 0. The zero-order chi connectivity index (χ0) is 12.0. The number of nitrogens with zero attached hydrogens (tertiary/aromatic N) is 6. The molecule has 9 heteroatoms. The first kappa shape index (κ1) is 85.9. The van der Waals surface area contributed by atoms with Gasteiger partial charge in [0.05, 0.1) is 0 Å². The van der Waals surface area contributed by atoms with Crippen molar-refractivity contribution in [2.75, 3.05) is 0 Å². The Kier molecular flexibility index (Phi) is 83900. The van der Waals surface area contributed by atoms with Crippen LogP contribution in [0.5, 0.6) is 0 Å². The molecule has 0 N–H and O–H groups in total. The summed E-state index contributed by atoms with van der Waals surface area (Å²) in [6.07, 6.45) is 0. The summed E-state index contributed by atoms with van der Waals surface area (Å²) in [7, 11) is 0. The molecular weight excluding hydrogens is 315 g/mol. The molecule has 15 heavy (non-hydrogen) atoms. The molecule has 0 unspecified atom stereocenters. The van der Waals surface area contributed by atoms with Crippen molar-refractivity contribution in [2.45, 2.75) is 0 Å². The van der Waals surface area contributed by atoms with Crippen molar-refractivity contribution in [1.82, 2.24) is 0 Å². The second-order valence-corrected chi connectivity index (χ2v) is 0. The Morgan fingerprint density at radius 3 is 0.400 bits per heavy atom. The third-order valence-corrected chi connectivity index (χ3v) is 0. The van der Waals surface area contributed by atoms with Crippen LogP contribution in [-0.2, 0) is 34.1 Å². The van der Waals surface area contributed by atoms with E-state index in [2.05, 4.69) is 39.4 Å². The van der Waals surface area contributed by atoms with Gasteiger partial charge in [-0.25, -0.2) is 31.6 Å². The fraction of sp³-hybridized carbons (Fsp3) is 0. The molecule has 0 saturated carbocycles. The Morgan fingerprint density at radius 1 is 0.400 bits per heavy atom. The molecule has 0 rings (SSSR count). The van der Waals surface area contributed by atoms with Crippen molar-refractivity contribution in [2.24, 2.45) is 0 Å². The number of rotatable bonds is 0. The second-order valence-electron chi connectivity index (χ2n) is 0. The third kappa shape index (κ3) is 12400. The van der Waals surface area contributed by atoms with Crippen LogP contribution in [-0.4, -0.2) is 51.4 Å². The first-order chi connectivity index (χ1) is 6.00. The average Bonchev–Trinajstić information content (AvgIpc) is 2.33. The van der Waals surface area contributed by atoms with Gasteiger partial charge in [0.1, 0.15) is 0 Å². The first-order valence-corrected chi connectivity index (χ1v) is 1.55. The minimum atomic E-state index is 0. The van der Waals surface area contributed by atoms with Gasteiger partial charge in [-0.05, 0) is 0 Å². The van der Waals surface area contributed by atoms with Crippen molar-refractivity contribution in [3.63, 3.8) is 0 Å². The number of hydrogen-bond donors (Lipinski definition) is 0. The summed E-state index contributed by atoms with van der Waals surface area (Å²) >= 11 is 0. The van der Waals surface area contributed by atoms with E-state index in [1.54, 1.807) is 0 Å². The van der Waals surface area contributed by atoms with Crippen LogP contribution in [0.4, 0.5) is 0 Å². The molecule has 0 saturated heterocycles. The third-order valence-electron chi connectivity index (χ3n) is 0. The van der Waals surface area contributed by atoms with Crippen LogP contribution in [0.1, 0.15) is 0 Å². The molecule has 0 aliphatic heterocycles. The number of hydrogen-bond acceptors (Lipinski definition) is 6. The van der Waals surface area contributed by atoms with Gasteiger partial charge in [0, 0.05) is 73.6 Å². The van der Waals surface area contributed by atoms with Gasteiger partial charge in [0.25, 0.3) is 0 Å². The van der Waals surface area contributed by atoms with Gasteiger partial charge in [-0.3, -0.25) is 0 Å². The molecule has 0 aromatic carbocycles. The SMILES string of the molecule is C#N.C#N.C#N.C#N.C#N.C#N.[Cu].[Fe].[KH].